The highest BCUT2D eigenvalue weighted by molar-refractivity contribution is 7.10. The number of hydrogen-bond donors (Lipinski definition) is 0. The summed E-state index contributed by atoms with van der Waals surface area (Å²) in [6.07, 6.45) is 0. The van der Waals surface area contributed by atoms with E-state index in [2.05, 4.69) is 17.9 Å². The fourth-order valence-electron chi connectivity index (χ4n) is 1.55. The molecule has 1 heterocycles. The maximum absolute atomic E-state index is 9.15. The summed E-state index contributed by atoms with van der Waals surface area (Å²) in [6.45, 7) is 0. The van der Waals surface area contributed by atoms with Crippen LogP contribution in [0.5, 0.6) is 11.5 Å². The van der Waals surface area contributed by atoms with Crippen molar-refractivity contribution in [2.45, 2.75) is 0 Å². The van der Waals surface area contributed by atoms with Crippen LogP contribution in [0.4, 0.5) is 0 Å². The van der Waals surface area contributed by atoms with Crippen molar-refractivity contribution in [1.29, 1.82) is 5.26 Å². The number of methoxy groups -OCH3 is 2. The van der Waals surface area contributed by atoms with E-state index in [0.717, 1.165) is 4.88 Å². The lowest BCUT2D eigenvalue weighted by atomic mass is 10.1. The van der Waals surface area contributed by atoms with Gasteiger partial charge in [-0.2, -0.15) is 5.26 Å². The van der Waals surface area contributed by atoms with E-state index in [-0.39, 0.29) is 0 Å². The van der Waals surface area contributed by atoms with Crippen LogP contribution in [0.1, 0.15) is 16.0 Å². The molecule has 19 heavy (non-hydrogen) atoms. The molecule has 1 aromatic carbocycles. The van der Waals surface area contributed by atoms with E-state index in [0.29, 0.717) is 22.6 Å². The topological polar surface area (TPSA) is 42.2 Å². The number of ether oxygens (including phenoxy) is 2. The van der Waals surface area contributed by atoms with E-state index in [4.69, 9.17) is 14.7 Å². The van der Waals surface area contributed by atoms with Crippen LogP contribution in [-0.4, -0.2) is 14.2 Å². The van der Waals surface area contributed by atoms with E-state index in [1.165, 1.54) is 7.11 Å². The minimum atomic E-state index is 0.474. The minimum absolute atomic E-state index is 0.474. The number of benzene rings is 1. The van der Waals surface area contributed by atoms with Crippen LogP contribution in [0.15, 0.2) is 29.6 Å². The van der Waals surface area contributed by atoms with Crippen LogP contribution in [0, 0.1) is 23.2 Å². The lowest BCUT2D eigenvalue weighted by Gasteiger charge is -2.08. The van der Waals surface area contributed by atoms with Gasteiger partial charge in [0.25, 0.3) is 0 Å². The maximum atomic E-state index is 9.15. The predicted octanol–water partition coefficient (Wildman–Crippen LogP) is 3.04. The van der Waals surface area contributed by atoms with Crippen molar-refractivity contribution in [1.82, 2.24) is 0 Å². The first-order valence-electron chi connectivity index (χ1n) is 5.50. The summed E-state index contributed by atoms with van der Waals surface area (Å²) < 4.78 is 10.4. The van der Waals surface area contributed by atoms with Crippen molar-refractivity contribution < 1.29 is 9.47 Å². The fraction of sp³-hybridized carbons (Fsp3) is 0.133. The summed E-state index contributed by atoms with van der Waals surface area (Å²) in [7, 11) is 3.09. The molecule has 0 aliphatic rings. The third-order valence-corrected chi connectivity index (χ3v) is 3.27. The molecule has 0 aliphatic carbocycles. The summed E-state index contributed by atoms with van der Waals surface area (Å²) in [5.74, 6) is 7.12. The normalized spacial score (nSPS) is 9.11. The highest BCUT2D eigenvalue weighted by Crippen LogP contribution is 2.29. The van der Waals surface area contributed by atoms with E-state index < -0.39 is 0 Å². The molecule has 0 saturated carbocycles. The fourth-order valence-corrected chi connectivity index (χ4v) is 2.12. The summed E-state index contributed by atoms with van der Waals surface area (Å²) >= 11 is 1.56. The number of hydrogen-bond acceptors (Lipinski definition) is 4. The quantitative estimate of drug-likeness (QED) is 0.787. The van der Waals surface area contributed by atoms with Crippen LogP contribution in [0.25, 0.3) is 0 Å². The van der Waals surface area contributed by atoms with Gasteiger partial charge in [0.2, 0.25) is 0 Å². The van der Waals surface area contributed by atoms with Crippen LogP contribution in [0.3, 0.4) is 0 Å². The smallest absolute Gasteiger partial charge is 0.162 e. The van der Waals surface area contributed by atoms with Crippen LogP contribution >= 0.6 is 11.3 Å². The minimum Gasteiger partial charge on any atom is -0.493 e. The molecule has 3 nitrogen and oxygen atoms in total. The summed E-state index contributed by atoms with van der Waals surface area (Å²) in [6, 6.07) is 9.35. The molecule has 0 spiro atoms. The summed E-state index contributed by atoms with van der Waals surface area (Å²) in [5.41, 5.74) is 1.11. The third-order valence-electron chi connectivity index (χ3n) is 2.49. The van der Waals surface area contributed by atoms with E-state index >= 15 is 0 Å². The second kappa shape index (κ2) is 5.95. The van der Waals surface area contributed by atoms with Gasteiger partial charge in [0.15, 0.2) is 11.5 Å². The Kier molecular flexibility index (Phi) is 4.07. The van der Waals surface area contributed by atoms with Crippen molar-refractivity contribution in [3.8, 4) is 29.4 Å². The van der Waals surface area contributed by atoms with Crippen molar-refractivity contribution >= 4 is 11.3 Å². The van der Waals surface area contributed by atoms with Crippen LogP contribution < -0.4 is 9.47 Å². The van der Waals surface area contributed by atoms with Gasteiger partial charge < -0.3 is 9.47 Å². The average Bonchev–Trinajstić information content (AvgIpc) is 2.97. The first-order chi connectivity index (χ1) is 9.28. The maximum Gasteiger partial charge on any atom is 0.162 e. The largest absolute Gasteiger partial charge is 0.493 e. The lowest BCUT2D eigenvalue weighted by molar-refractivity contribution is 0.355. The Balaban J connectivity index is 2.48. The van der Waals surface area contributed by atoms with Gasteiger partial charge in [0.05, 0.1) is 24.7 Å². The standard InChI is InChI=1S/C15H11NO2S/c1-17-14-8-11(5-6-13-4-3-7-19-13)12(10-16)9-15(14)18-2/h3-4,7-9H,1-2H3. The SMILES string of the molecule is COc1cc(C#N)c(C#Cc2cccs2)cc1OC. The highest BCUT2D eigenvalue weighted by Gasteiger charge is 2.09. The average molecular weight is 269 g/mol. The zero-order valence-electron chi connectivity index (χ0n) is 10.6. The first-order valence-corrected chi connectivity index (χ1v) is 6.38. The molecule has 0 saturated heterocycles. The molecular formula is C15H11NO2S. The molecule has 0 N–H and O–H groups in total. The van der Waals surface area contributed by atoms with E-state index in [1.54, 1.807) is 30.6 Å². The van der Waals surface area contributed by atoms with Gasteiger partial charge >= 0.3 is 0 Å². The predicted molar refractivity (Wildman–Crippen MR) is 74.6 cm³/mol. The highest BCUT2D eigenvalue weighted by atomic mass is 32.1. The first kappa shape index (κ1) is 13.0. The molecule has 0 unspecified atom stereocenters. The van der Waals surface area contributed by atoms with E-state index in [1.807, 2.05) is 17.5 Å². The van der Waals surface area contributed by atoms with Gasteiger partial charge in [-0.15, -0.1) is 11.3 Å². The van der Waals surface area contributed by atoms with Crippen LogP contribution in [0.2, 0.25) is 0 Å². The number of nitriles is 1. The Labute approximate surface area is 116 Å². The molecule has 0 fully saturated rings. The number of nitrogens with zero attached hydrogens (tertiary/aromatic N) is 1. The van der Waals surface area contributed by atoms with Gasteiger partial charge in [0.1, 0.15) is 6.07 Å². The molecule has 0 amide bonds. The molecule has 94 valence electrons. The Morgan fingerprint density at radius 2 is 1.74 bits per heavy atom. The molecule has 1 aromatic heterocycles. The van der Waals surface area contributed by atoms with Crippen molar-refractivity contribution in [3.05, 3.63) is 45.6 Å². The van der Waals surface area contributed by atoms with Gasteiger partial charge in [-0.25, -0.2) is 0 Å². The lowest BCUT2D eigenvalue weighted by Crippen LogP contribution is -1.94. The summed E-state index contributed by atoms with van der Waals surface area (Å²) in [5, 5.41) is 11.1. The molecular weight excluding hydrogens is 258 g/mol. The Morgan fingerprint density at radius 3 is 2.26 bits per heavy atom. The molecule has 0 radical (unpaired) electrons. The van der Waals surface area contributed by atoms with Crippen molar-refractivity contribution in [2.24, 2.45) is 0 Å². The molecule has 0 aliphatic heterocycles. The molecule has 2 aromatic rings. The van der Waals surface area contributed by atoms with Gasteiger partial charge in [0, 0.05) is 17.7 Å². The molecule has 4 heteroatoms. The Bertz CT molecular complexity index is 673. The van der Waals surface area contributed by atoms with Gasteiger partial charge in [-0.05, 0) is 11.4 Å². The van der Waals surface area contributed by atoms with Crippen molar-refractivity contribution in [3.63, 3.8) is 0 Å². The summed E-state index contributed by atoms with van der Waals surface area (Å²) in [4.78, 5) is 0.957. The molecule has 0 atom stereocenters. The van der Waals surface area contributed by atoms with Crippen molar-refractivity contribution in [2.75, 3.05) is 14.2 Å². The molecule has 0 bridgehead atoms. The molecule has 2 rings (SSSR count). The zero-order chi connectivity index (χ0) is 13.7. The Hall–Kier alpha value is -2.43. The van der Waals surface area contributed by atoms with Crippen LogP contribution in [-0.2, 0) is 0 Å². The number of rotatable bonds is 2. The Morgan fingerprint density at radius 1 is 1.05 bits per heavy atom. The monoisotopic (exact) mass is 269 g/mol. The second-order valence-electron chi connectivity index (χ2n) is 3.59. The van der Waals surface area contributed by atoms with Gasteiger partial charge in [-0.1, -0.05) is 17.9 Å². The zero-order valence-corrected chi connectivity index (χ0v) is 11.4. The van der Waals surface area contributed by atoms with Gasteiger partial charge in [-0.3, -0.25) is 0 Å². The second-order valence-corrected chi connectivity index (χ2v) is 4.54. The third kappa shape index (κ3) is 2.88. The van der Waals surface area contributed by atoms with E-state index in [9.17, 15) is 0 Å². The number of thiophene rings is 1.